The Bertz CT molecular complexity index is 1040. The number of rotatable bonds is 26. The minimum Gasteiger partial charge on any atom is -0.484 e. The van der Waals surface area contributed by atoms with Crippen LogP contribution in [0.4, 0.5) is 11.4 Å². The number of aliphatic hydroxyl groups is 4. The zero-order valence-electron chi connectivity index (χ0n) is 25.6. The fourth-order valence-corrected chi connectivity index (χ4v) is 4.83. The van der Waals surface area contributed by atoms with E-state index < -0.39 is 41.8 Å². The predicted molar refractivity (Wildman–Crippen MR) is 164 cm³/mol. The van der Waals surface area contributed by atoms with E-state index in [4.69, 9.17) is 15.4 Å². The molecule has 0 saturated heterocycles. The summed E-state index contributed by atoms with van der Waals surface area (Å²) >= 11 is 0. The number of aldehydes is 1. The van der Waals surface area contributed by atoms with Crippen molar-refractivity contribution in [3.63, 3.8) is 0 Å². The number of nitro groups is 1. The van der Waals surface area contributed by atoms with E-state index in [1.807, 2.05) is 0 Å². The monoisotopic (exact) mass is 623 g/mol. The van der Waals surface area contributed by atoms with Gasteiger partial charge in [0.25, 0.3) is 0 Å². The van der Waals surface area contributed by atoms with Crippen LogP contribution in [0.15, 0.2) is 23.3 Å². The number of aliphatic hydroxyl groups excluding tert-OH is 4. The normalized spacial score (nSPS) is 14.5. The molecule has 0 spiro atoms. The lowest BCUT2D eigenvalue weighted by Crippen LogP contribution is -2.53. The second kappa shape index (κ2) is 23.1. The van der Waals surface area contributed by atoms with Gasteiger partial charge < -0.3 is 35.3 Å². The van der Waals surface area contributed by atoms with Gasteiger partial charge in [-0.2, -0.15) is 0 Å². The van der Waals surface area contributed by atoms with E-state index in [0.717, 1.165) is 83.5 Å². The summed E-state index contributed by atoms with van der Waals surface area (Å²) in [5.41, 5.74) is 8.57. The van der Waals surface area contributed by atoms with Gasteiger partial charge in [0, 0.05) is 23.1 Å². The highest BCUT2D eigenvalue weighted by Crippen LogP contribution is 2.33. The van der Waals surface area contributed by atoms with Crippen molar-refractivity contribution in [3.8, 4) is 5.75 Å². The summed E-state index contributed by atoms with van der Waals surface area (Å²) < 4.78 is 6.11. The highest BCUT2D eigenvalue weighted by Gasteiger charge is 2.31. The lowest BCUT2D eigenvalue weighted by molar-refractivity contribution is -0.386. The van der Waals surface area contributed by atoms with Crippen molar-refractivity contribution in [1.29, 1.82) is 0 Å². The highest BCUT2D eigenvalue weighted by molar-refractivity contribution is 5.79. The van der Waals surface area contributed by atoms with Crippen LogP contribution in [0.1, 0.15) is 103 Å². The first-order valence-corrected chi connectivity index (χ1v) is 15.6. The molecule has 0 aliphatic rings. The first-order chi connectivity index (χ1) is 21.2. The number of carbonyl (C=O) groups is 2. The minimum absolute atomic E-state index is 0.148. The molecule has 0 fully saturated rings. The molecule has 14 heteroatoms. The molecule has 1 amide bonds. The van der Waals surface area contributed by atoms with Crippen LogP contribution in [-0.4, -0.2) is 74.6 Å². The van der Waals surface area contributed by atoms with Gasteiger partial charge in [-0.15, -0.1) is 0 Å². The molecule has 5 unspecified atom stereocenters. The largest absolute Gasteiger partial charge is 0.484 e. The number of carbonyl (C=O) groups excluding carboxylic acids is 2. The number of azide groups is 1. The smallest absolute Gasteiger partial charge is 0.311 e. The Hall–Kier alpha value is -3.29. The molecule has 0 radical (unpaired) electrons. The van der Waals surface area contributed by atoms with Crippen molar-refractivity contribution in [2.24, 2.45) is 5.11 Å². The quantitative estimate of drug-likeness (QED) is 0.0179. The molecule has 0 aliphatic heterocycles. The van der Waals surface area contributed by atoms with Crippen LogP contribution in [0, 0.1) is 10.1 Å². The SMILES string of the molecule is CCCCCCC(CCCCCCCCCCC(=O)NC(C=O)C(O)C(O)C(O)CO)Oc1ccc(N=[N+]=[N-])cc1[N+](=O)[O-]. The number of hydrogen-bond donors (Lipinski definition) is 5. The van der Waals surface area contributed by atoms with Gasteiger partial charge in [0.2, 0.25) is 5.91 Å². The van der Waals surface area contributed by atoms with E-state index >= 15 is 0 Å². The van der Waals surface area contributed by atoms with E-state index in [0.29, 0.717) is 6.42 Å². The summed E-state index contributed by atoms with van der Waals surface area (Å²) in [6.45, 7) is 1.34. The minimum atomic E-state index is -1.77. The van der Waals surface area contributed by atoms with E-state index in [-0.39, 0.29) is 35.9 Å². The number of nitrogens with one attached hydrogen (secondary N) is 1. The van der Waals surface area contributed by atoms with Gasteiger partial charge in [-0.3, -0.25) is 14.9 Å². The van der Waals surface area contributed by atoms with Crippen molar-refractivity contribution in [1.82, 2.24) is 5.32 Å². The van der Waals surface area contributed by atoms with Gasteiger partial charge in [0.05, 0.1) is 17.6 Å². The number of unbranched alkanes of at least 4 members (excludes halogenated alkanes) is 10. The summed E-state index contributed by atoms with van der Waals surface area (Å²) in [6.07, 6.45) is 8.38. The zero-order valence-corrected chi connectivity index (χ0v) is 25.6. The lowest BCUT2D eigenvalue weighted by atomic mass is 10.0. The molecule has 248 valence electrons. The first-order valence-electron chi connectivity index (χ1n) is 15.6. The number of ether oxygens (including phenoxy) is 1. The molecule has 0 heterocycles. The van der Waals surface area contributed by atoms with Crippen molar-refractivity contribution >= 4 is 23.6 Å². The van der Waals surface area contributed by atoms with Crippen LogP contribution >= 0.6 is 0 Å². The topological polar surface area (TPSA) is 228 Å². The number of nitrogens with zero attached hydrogens (tertiary/aromatic N) is 4. The Morgan fingerprint density at radius 1 is 1.02 bits per heavy atom. The number of benzene rings is 1. The van der Waals surface area contributed by atoms with E-state index in [2.05, 4.69) is 22.3 Å². The van der Waals surface area contributed by atoms with Crippen molar-refractivity contribution in [2.45, 2.75) is 134 Å². The molecule has 0 aromatic heterocycles. The number of hydrogen-bond acceptors (Lipinski definition) is 10. The van der Waals surface area contributed by atoms with Crippen molar-refractivity contribution in [2.75, 3.05) is 6.61 Å². The molecule has 44 heavy (non-hydrogen) atoms. The molecule has 0 aliphatic carbocycles. The van der Waals surface area contributed by atoms with Crippen LogP contribution in [0.2, 0.25) is 0 Å². The van der Waals surface area contributed by atoms with Crippen LogP contribution in [0.5, 0.6) is 5.75 Å². The molecular formula is C30H49N5O9. The summed E-state index contributed by atoms with van der Waals surface area (Å²) in [7, 11) is 0. The third-order valence-corrected chi connectivity index (χ3v) is 7.43. The third-order valence-electron chi connectivity index (χ3n) is 7.43. The lowest BCUT2D eigenvalue weighted by Gasteiger charge is -2.26. The molecule has 1 aromatic rings. The van der Waals surface area contributed by atoms with E-state index in [1.165, 1.54) is 18.2 Å². The van der Waals surface area contributed by atoms with E-state index in [1.54, 1.807) is 0 Å². The Kier molecular flexibility index (Phi) is 20.4. The maximum absolute atomic E-state index is 12.1. The van der Waals surface area contributed by atoms with Gasteiger partial charge in [-0.25, -0.2) is 0 Å². The second-order valence-corrected chi connectivity index (χ2v) is 11.0. The average Bonchev–Trinajstić information content (AvgIpc) is 3.02. The molecular weight excluding hydrogens is 574 g/mol. The highest BCUT2D eigenvalue weighted by atomic mass is 16.6. The van der Waals surface area contributed by atoms with Crippen LogP contribution in [0.25, 0.3) is 10.4 Å². The average molecular weight is 624 g/mol. The van der Waals surface area contributed by atoms with Crippen molar-refractivity contribution in [3.05, 3.63) is 38.8 Å². The predicted octanol–water partition coefficient (Wildman–Crippen LogP) is 4.91. The zero-order chi connectivity index (χ0) is 32.7. The Morgan fingerprint density at radius 2 is 1.61 bits per heavy atom. The molecule has 5 atom stereocenters. The van der Waals surface area contributed by atoms with Gasteiger partial charge in [0.1, 0.15) is 30.6 Å². The molecule has 1 rings (SSSR count). The molecule has 0 bridgehead atoms. The maximum Gasteiger partial charge on any atom is 0.311 e. The summed E-state index contributed by atoms with van der Waals surface area (Å²) in [5.74, 6) is -0.271. The fourth-order valence-electron chi connectivity index (χ4n) is 4.83. The maximum atomic E-state index is 12.1. The molecule has 5 N–H and O–H groups in total. The van der Waals surface area contributed by atoms with E-state index in [9.17, 15) is 35.0 Å². The van der Waals surface area contributed by atoms with Crippen LogP contribution in [0.3, 0.4) is 0 Å². The Labute approximate surface area is 258 Å². The summed E-state index contributed by atoms with van der Waals surface area (Å²) in [5, 5.41) is 55.3. The van der Waals surface area contributed by atoms with Gasteiger partial charge in [0.15, 0.2) is 5.75 Å². The first kappa shape index (κ1) is 38.7. The second-order valence-electron chi connectivity index (χ2n) is 11.0. The summed E-state index contributed by atoms with van der Waals surface area (Å²) in [6, 6.07) is 2.83. The number of nitro benzene ring substituents is 1. The van der Waals surface area contributed by atoms with Gasteiger partial charge in [-0.1, -0.05) is 69.8 Å². The van der Waals surface area contributed by atoms with Crippen molar-refractivity contribution < 1.29 is 39.7 Å². The molecule has 0 saturated carbocycles. The van der Waals surface area contributed by atoms with Gasteiger partial charge in [-0.05, 0) is 49.8 Å². The molecule has 14 nitrogen and oxygen atoms in total. The Balaban J connectivity index is 2.38. The van der Waals surface area contributed by atoms with Gasteiger partial charge >= 0.3 is 5.69 Å². The Morgan fingerprint density at radius 3 is 2.16 bits per heavy atom. The fraction of sp³-hybridized carbons (Fsp3) is 0.733. The summed E-state index contributed by atoms with van der Waals surface area (Å²) in [4.78, 5) is 37.0. The number of amides is 1. The van der Waals surface area contributed by atoms with Crippen LogP contribution in [-0.2, 0) is 9.59 Å². The van der Waals surface area contributed by atoms with Crippen LogP contribution < -0.4 is 10.1 Å². The standard InChI is InChI=1S/C30H49N5O9/c1-2-3-4-11-14-23(44-27-18-17-22(33-34-31)19-25(27)35(42)43)15-12-9-7-5-6-8-10-13-16-28(39)32-24(20-36)29(40)30(41)26(38)21-37/h17-20,23-24,26,29-30,37-38,40-41H,2-16,21H2,1H3,(H,32,39). The third kappa shape index (κ3) is 15.4. The molecule has 1 aromatic carbocycles.